The van der Waals surface area contributed by atoms with Gasteiger partial charge in [0.2, 0.25) is 10.0 Å². The number of sulfonamides is 1. The lowest BCUT2D eigenvalue weighted by Crippen LogP contribution is -2.42. The summed E-state index contributed by atoms with van der Waals surface area (Å²) in [7, 11) is -3.75. The van der Waals surface area contributed by atoms with E-state index in [-0.39, 0.29) is 17.4 Å². The van der Waals surface area contributed by atoms with E-state index >= 15 is 0 Å². The summed E-state index contributed by atoms with van der Waals surface area (Å²) in [5, 5.41) is 8.92. The highest BCUT2D eigenvalue weighted by Crippen LogP contribution is 2.26. The van der Waals surface area contributed by atoms with Crippen LogP contribution in [0.4, 0.5) is 0 Å². The Hall–Kier alpha value is -0.670. The minimum absolute atomic E-state index is 0.00766. The number of thiophene rings is 1. The van der Waals surface area contributed by atoms with Gasteiger partial charge in [-0.05, 0) is 12.1 Å². The second-order valence-corrected chi connectivity index (χ2v) is 7.42. The lowest BCUT2D eigenvalue weighted by Gasteiger charge is -2.14. The molecule has 1 aromatic heterocycles. The third kappa shape index (κ3) is 2.83. The van der Waals surface area contributed by atoms with Gasteiger partial charge in [-0.1, -0.05) is 11.6 Å². The van der Waals surface area contributed by atoms with Crippen LogP contribution in [0.3, 0.4) is 0 Å². The van der Waals surface area contributed by atoms with Crippen LogP contribution in [0.15, 0.2) is 16.3 Å². The number of carboxylic acid groups (broad SMARTS) is 1. The average Bonchev–Trinajstić information content (AvgIpc) is 2.86. The summed E-state index contributed by atoms with van der Waals surface area (Å²) in [6.07, 6.45) is 0. The molecule has 0 aromatic carbocycles. The Bertz CT molecular complexity index is 555. The van der Waals surface area contributed by atoms with Crippen LogP contribution in [-0.2, 0) is 19.6 Å². The molecular weight excluding hydrogens is 302 g/mol. The van der Waals surface area contributed by atoms with Crippen molar-refractivity contribution in [3.63, 3.8) is 0 Å². The van der Waals surface area contributed by atoms with Crippen molar-refractivity contribution in [2.24, 2.45) is 5.92 Å². The van der Waals surface area contributed by atoms with Crippen LogP contribution in [0, 0.1) is 5.92 Å². The highest BCUT2D eigenvalue weighted by Gasteiger charge is 2.37. The van der Waals surface area contributed by atoms with Gasteiger partial charge in [-0.15, -0.1) is 11.3 Å². The molecule has 2 rings (SSSR count). The van der Waals surface area contributed by atoms with Crippen LogP contribution in [0.5, 0.6) is 0 Å². The summed E-state index contributed by atoms with van der Waals surface area (Å²) in [5.41, 5.74) is 0. The summed E-state index contributed by atoms with van der Waals surface area (Å²) >= 11 is 6.58. The Morgan fingerprint density at radius 1 is 1.50 bits per heavy atom. The third-order valence-corrected chi connectivity index (χ3v) is 5.73. The molecule has 1 fully saturated rings. The van der Waals surface area contributed by atoms with E-state index < -0.39 is 28.0 Å². The van der Waals surface area contributed by atoms with Crippen LogP contribution >= 0.6 is 22.9 Å². The number of nitrogens with one attached hydrogen (secondary N) is 1. The first kappa shape index (κ1) is 13.8. The van der Waals surface area contributed by atoms with Crippen molar-refractivity contribution < 1.29 is 23.1 Å². The molecule has 0 saturated carbocycles. The lowest BCUT2D eigenvalue weighted by atomic mass is 10.1. The van der Waals surface area contributed by atoms with Gasteiger partial charge in [-0.3, -0.25) is 4.79 Å². The van der Waals surface area contributed by atoms with Crippen molar-refractivity contribution >= 4 is 38.9 Å². The summed E-state index contributed by atoms with van der Waals surface area (Å²) in [5.74, 6) is -1.94. The SMILES string of the molecule is O=C(O)C1COCC1NS(=O)(=O)c1ccc(Cl)s1. The maximum absolute atomic E-state index is 12.0. The Morgan fingerprint density at radius 3 is 2.78 bits per heavy atom. The zero-order valence-electron chi connectivity index (χ0n) is 9.00. The van der Waals surface area contributed by atoms with Gasteiger partial charge in [0.25, 0.3) is 0 Å². The first-order chi connectivity index (χ1) is 8.40. The first-order valence-electron chi connectivity index (χ1n) is 4.98. The Kier molecular flexibility index (Phi) is 3.93. The van der Waals surface area contributed by atoms with Crippen molar-refractivity contribution in [2.45, 2.75) is 10.3 Å². The summed E-state index contributed by atoms with van der Waals surface area (Å²) < 4.78 is 31.7. The molecule has 0 aliphatic carbocycles. The number of carbonyl (C=O) groups is 1. The molecule has 2 atom stereocenters. The normalized spacial score (nSPS) is 24.3. The van der Waals surface area contributed by atoms with Gasteiger partial charge in [0.1, 0.15) is 4.21 Å². The first-order valence-corrected chi connectivity index (χ1v) is 7.66. The minimum Gasteiger partial charge on any atom is -0.481 e. The predicted molar refractivity (Wildman–Crippen MR) is 65.4 cm³/mol. The molecule has 18 heavy (non-hydrogen) atoms. The van der Waals surface area contributed by atoms with E-state index in [0.717, 1.165) is 11.3 Å². The van der Waals surface area contributed by atoms with E-state index in [0.29, 0.717) is 4.34 Å². The zero-order chi connectivity index (χ0) is 13.3. The average molecular weight is 312 g/mol. The van der Waals surface area contributed by atoms with Crippen molar-refractivity contribution in [3.05, 3.63) is 16.5 Å². The third-order valence-electron chi connectivity index (χ3n) is 2.52. The van der Waals surface area contributed by atoms with Crippen LogP contribution in [0.2, 0.25) is 4.34 Å². The zero-order valence-corrected chi connectivity index (χ0v) is 11.4. The van der Waals surface area contributed by atoms with Gasteiger partial charge >= 0.3 is 5.97 Å². The Labute approximate surface area is 113 Å². The van der Waals surface area contributed by atoms with E-state index in [1.165, 1.54) is 12.1 Å². The molecule has 2 heterocycles. The molecule has 0 spiro atoms. The Balaban J connectivity index is 2.16. The second kappa shape index (κ2) is 5.14. The molecule has 1 aliphatic heterocycles. The second-order valence-electron chi connectivity index (χ2n) is 3.77. The molecular formula is C9H10ClNO5S2. The molecule has 1 saturated heterocycles. The number of halogens is 1. The number of hydrogen-bond acceptors (Lipinski definition) is 5. The van der Waals surface area contributed by atoms with Gasteiger partial charge in [0.15, 0.2) is 0 Å². The quantitative estimate of drug-likeness (QED) is 0.857. The fourth-order valence-corrected chi connectivity index (χ4v) is 4.37. The van der Waals surface area contributed by atoms with Gasteiger partial charge in [0, 0.05) is 0 Å². The monoisotopic (exact) mass is 311 g/mol. The largest absolute Gasteiger partial charge is 0.481 e. The number of hydrogen-bond donors (Lipinski definition) is 2. The van der Waals surface area contributed by atoms with Crippen LogP contribution in [0.25, 0.3) is 0 Å². The maximum atomic E-state index is 12.0. The topological polar surface area (TPSA) is 92.7 Å². The summed E-state index contributed by atoms with van der Waals surface area (Å²) in [6.45, 7) is 0.0586. The van der Waals surface area contributed by atoms with E-state index in [4.69, 9.17) is 21.4 Å². The van der Waals surface area contributed by atoms with Crippen molar-refractivity contribution in [2.75, 3.05) is 13.2 Å². The predicted octanol–water partition coefficient (Wildman–Crippen LogP) is 0.779. The van der Waals surface area contributed by atoms with E-state index in [1.807, 2.05) is 0 Å². The molecule has 6 nitrogen and oxygen atoms in total. The smallest absolute Gasteiger partial charge is 0.310 e. The number of aliphatic carboxylic acids is 1. The minimum atomic E-state index is -3.75. The van der Waals surface area contributed by atoms with Crippen LogP contribution in [0.1, 0.15) is 0 Å². The highest BCUT2D eigenvalue weighted by atomic mass is 35.5. The molecule has 1 aliphatic rings. The van der Waals surface area contributed by atoms with Crippen molar-refractivity contribution in [1.29, 1.82) is 0 Å². The molecule has 9 heteroatoms. The fraction of sp³-hybridized carbons (Fsp3) is 0.444. The van der Waals surface area contributed by atoms with Gasteiger partial charge in [-0.2, -0.15) is 0 Å². The van der Waals surface area contributed by atoms with Gasteiger partial charge in [-0.25, -0.2) is 13.1 Å². The summed E-state index contributed by atoms with van der Waals surface area (Å²) in [6, 6.07) is 2.09. The van der Waals surface area contributed by atoms with Crippen molar-refractivity contribution in [3.8, 4) is 0 Å². The van der Waals surface area contributed by atoms with E-state index in [1.54, 1.807) is 0 Å². The maximum Gasteiger partial charge on any atom is 0.310 e. The highest BCUT2D eigenvalue weighted by molar-refractivity contribution is 7.91. The fourth-order valence-electron chi connectivity index (χ4n) is 1.61. The molecule has 0 bridgehead atoms. The number of ether oxygens (including phenoxy) is 1. The molecule has 0 amide bonds. The molecule has 2 unspecified atom stereocenters. The van der Waals surface area contributed by atoms with Gasteiger partial charge in [0.05, 0.1) is 29.5 Å². The lowest BCUT2D eigenvalue weighted by molar-refractivity contribution is -0.142. The van der Waals surface area contributed by atoms with Gasteiger partial charge < -0.3 is 9.84 Å². The van der Waals surface area contributed by atoms with Crippen LogP contribution < -0.4 is 4.72 Å². The molecule has 2 N–H and O–H groups in total. The van der Waals surface area contributed by atoms with Crippen molar-refractivity contribution in [1.82, 2.24) is 4.72 Å². The van der Waals surface area contributed by atoms with Crippen LogP contribution in [-0.4, -0.2) is 38.7 Å². The number of carboxylic acids is 1. The standard InChI is InChI=1S/C9H10ClNO5S2/c10-7-1-2-8(17-7)18(14,15)11-6-4-16-3-5(6)9(12)13/h1-2,5-6,11H,3-4H2,(H,12,13). The molecule has 100 valence electrons. The molecule has 0 radical (unpaired) electrons. The van der Waals surface area contributed by atoms with E-state index in [9.17, 15) is 13.2 Å². The van der Waals surface area contributed by atoms with E-state index in [2.05, 4.69) is 4.72 Å². The summed E-state index contributed by atoms with van der Waals surface area (Å²) in [4.78, 5) is 10.9. The Morgan fingerprint density at radius 2 is 2.22 bits per heavy atom. The molecule has 1 aromatic rings. The number of rotatable bonds is 4.